The summed E-state index contributed by atoms with van der Waals surface area (Å²) in [7, 11) is 0. The lowest BCUT2D eigenvalue weighted by molar-refractivity contribution is 0.0954. The maximum Gasteiger partial charge on any atom is 0.264 e. The molecule has 2 rings (SSSR count). The predicted octanol–water partition coefficient (Wildman–Crippen LogP) is 2.57. The largest absolute Gasteiger partial charge is 0.494 e. The number of carbonyl (C=O) groups is 1. The summed E-state index contributed by atoms with van der Waals surface area (Å²) >= 11 is 1.09. The van der Waals surface area contributed by atoms with Crippen LogP contribution in [-0.4, -0.2) is 22.1 Å². The molecule has 1 aromatic carbocycles. The van der Waals surface area contributed by atoms with Crippen LogP contribution in [0.1, 0.15) is 34.1 Å². The van der Waals surface area contributed by atoms with Crippen LogP contribution in [0.15, 0.2) is 24.4 Å². The summed E-state index contributed by atoms with van der Waals surface area (Å²) in [6.45, 7) is 5.28. The van der Waals surface area contributed by atoms with Crippen LogP contribution < -0.4 is 10.1 Å². The fraction of sp³-hybridized carbons (Fsp3) is 0.357. The fourth-order valence-corrected chi connectivity index (χ4v) is 2.14. The first kappa shape index (κ1) is 14.5. The highest BCUT2D eigenvalue weighted by atomic mass is 32.1. The first-order valence-corrected chi connectivity index (χ1v) is 7.26. The summed E-state index contributed by atoms with van der Waals surface area (Å²) in [6, 6.07) is 5.90. The molecule has 0 bridgehead atoms. The van der Waals surface area contributed by atoms with Crippen LogP contribution in [0.25, 0.3) is 0 Å². The van der Waals surface area contributed by atoms with E-state index in [1.165, 1.54) is 6.20 Å². The molecule has 1 aromatic heterocycles. The van der Waals surface area contributed by atoms with Gasteiger partial charge in [-0.25, -0.2) is 0 Å². The van der Waals surface area contributed by atoms with Crippen molar-refractivity contribution in [2.75, 3.05) is 6.61 Å². The van der Waals surface area contributed by atoms with Crippen molar-refractivity contribution >= 4 is 17.4 Å². The molecule has 0 fully saturated rings. The minimum Gasteiger partial charge on any atom is -0.494 e. The van der Waals surface area contributed by atoms with Gasteiger partial charge in [-0.1, -0.05) is 17.5 Å². The molecular formula is C14H17N3O2S. The summed E-state index contributed by atoms with van der Waals surface area (Å²) in [5.41, 5.74) is 2.17. The molecule has 1 heterocycles. The van der Waals surface area contributed by atoms with Gasteiger partial charge < -0.3 is 10.1 Å². The highest BCUT2D eigenvalue weighted by molar-refractivity contribution is 7.07. The number of nitrogens with one attached hydrogen (secondary N) is 1. The van der Waals surface area contributed by atoms with Crippen LogP contribution >= 0.6 is 11.5 Å². The highest BCUT2D eigenvalue weighted by Gasteiger charge is 2.08. The van der Waals surface area contributed by atoms with Crippen LogP contribution in [0.4, 0.5) is 0 Å². The number of hydrogen-bond acceptors (Lipinski definition) is 5. The lowest BCUT2D eigenvalue weighted by Gasteiger charge is -2.10. The van der Waals surface area contributed by atoms with Gasteiger partial charge in [0, 0.05) is 6.54 Å². The van der Waals surface area contributed by atoms with E-state index in [9.17, 15) is 4.79 Å². The number of benzene rings is 1. The van der Waals surface area contributed by atoms with E-state index in [0.29, 0.717) is 18.0 Å². The fourth-order valence-electron chi connectivity index (χ4n) is 1.71. The van der Waals surface area contributed by atoms with Gasteiger partial charge in [0.2, 0.25) is 0 Å². The minimum atomic E-state index is -0.147. The van der Waals surface area contributed by atoms with Crippen molar-refractivity contribution in [1.29, 1.82) is 0 Å². The number of aromatic nitrogens is 2. The van der Waals surface area contributed by atoms with Crippen molar-refractivity contribution in [2.24, 2.45) is 0 Å². The first-order chi connectivity index (χ1) is 9.70. The van der Waals surface area contributed by atoms with Crippen molar-refractivity contribution in [2.45, 2.75) is 26.8 Å². The van der Waals surface area contributed by atoms with Gasteiger partial charge in [0.25, 0.3) is 5.91 Å². The molecule has 2 aromatic rings. The molecule has 0 atom stereocenters. The summed E-state index contributed by atoms with van der Waals surface area (Å²) in [6.07, 6.45) is 2.45. The second-order valence-corrected chi connectivity index (χ2v) is 5.19. The molecule has 0 spiro atoms. The van der Waals surface area contributed by atoms with Gasteiger partial charge >= 0.3 is 0 Å². The molecule has 0 aliphatic heterocycles. The Morgan fingerprint density at radius 1 is 1.45 bits per heavy atom. The average molecular weight is 291 g/mol. The Labute approximate surface area is 122 Å². The molecule has 1 N–H and O–H groups in total. The van der Waals surface area contributed by atoms with Gasteiger partial charge in [-0.3, -0.25) is 4.79 Å². The molecule has 5 nitrogen and oxygen atoms in total. The molecule has 0 aliphatic rings. The topological polar surface area (TPSA) is 64.1 Å². The Morgan fingerprint density at radius 2 is 2.30 bits per heavy atom. The van der Waals surface area contributed by atoms with Crippen molar-refractivity contribution in [3.63, 3.8) is 0 Å². The van der Waals surface area contributed by atoms with E-state index in [1.54, 1.807) is 0 Å². The highest BCUT2D eigenvalue weighted by Crippen LogP contribution is 2.17. The summed E-state index contributed by atoms with van der Waals surface area (Å²) in [5.74, 6) is 0.719. The zero-order chi connectivity index (χ0) is 14.4. The minimum absolute atomic E-state index is 0.147. The van der Waals surface area contributed by atoms with Gasteiger partial charge in [-0.2, -0.15) is 0 Å². The Bertz CT molecular complexity index is 570. The zero-order valence-corrected chi connectivity index (χ0v) is 12.4. The summed E-state index contributed by atoms with van der Waals surface area (Å²) in [4.78, 5) is 12.3. The Morgan fingerprint density at radius 3 is 2.95 bits per heavy atom. The number of amides is 1. The van der Waals surface area contributed by atoms with Crippen molar-refractivity contribution in [3.8, 4) is 5.75 Å². The molecule has 0 aliphatic carbocycles. The van der Waals surface area contributed by atoms with Gasteiger partial charge in [0.05, 0.1) is 12.8 Å². The number of ether oxygens (including phenoxy) is 1. The Kier molecular flexibility index (Phi) is 5.06. The standard InChI is InChI=1S/C14H17N3O2S/c1-3-6-19-12-5-4-11(10(2)7-12)8-15-14(18)13-9-16-17-20-13/h4-5,7,9H,3,6,8H2,1-2H3,(H,15,18). The first-order valence-electron chi connectivity index (χ1n) is 6.48. The average Bonchev–Trinajstić information content (AvgIpc) is 2.98. The van der Waals surface area contributed by atoms with Crippen LogP contribution in [0.5, 0.6) is 5.75 Å². The van der Waals surface area contributed by atoms with Gasteiger partial charge in [-0.05, 0) is 48.1 Å². The molecule has 0 saturated carbocycles. The quantitative estimate of drug-likeness (QED) is 0.888. The van der Waals surface area contributed by atoms with E-state index in [1.807, 2.05) is 25.1 Å². The van der Waals surface area contributed by atoms with Gasteiger partial charge in [0.1, 0.15) is 10.6 Å². The molecule has 6 heteroatoms. The van der Waals surface area contributed by atoms with Gasteiger partial charge in [0.15, 0.2) is 0 Å². The van der Waals surface area contributed by atoms with Crippen molar-refractivity contribution < 1.29 is 9.53 Å². The van der Waals surface area contributed by atoms with E-state index in [4.69, 9.17) is 4.74 Å². The van der Waals surface area contributed by atoms with E-state index in [2.05, 4.69) is 21.8 Å². The van der Waals surface area contributed by atoms with Crippen LogP contribution in [-0.2, 0) is 6.54 Å². The molecule has 0 saturated heterocycles. The van der Waals surface area contributed by atoms with Crippen molar-refractivity contribution in [3.05, 3.63) is 40.4 Å². The third-order valence-electron chi connectivity index (χ3n) is 2.81. The van der Waals surface area contributed by atoms with Crippen LogP contribution in [0, 0.1) is 6.92 Å². The number of carbonyl (C=O) groups excluding carboxylic acids is 1. The summed E-state index contributed by atoms with van der Waals surface area (Å²) < 4.78 is 9.24. The number of nitrogens with zero attached hydrogens (tertiary/aromatic N) is 2. The van der Waals surface area contributed by atoms with Gasteiger partial charge in [-0.15, -0.1) is 5.10 Å². The predicted molar refractivity (Wildman–Crippen MR) is 78.0 cm³/mol. The van der Waals surface area contributed by atoms with Crippen LogP contribution in [0.2, 0.25) is 0 Å². The zero-order valence-electron chi connectivity index (χ0n) is 11.5. The lowest BCUT2D eigenvalue weighted by Crippen LogP contribution is -2.22. The second kappa shape index (κ2) is 7.00. The lowest BCUT2D eigenvalue weighted by atomic mass is 10.1. The molecule has 1 amide bonds. The Balaban J connectivity index is 1.94. The van der Waals surface area contributed by atoms with E-state index >= 15 is 0 Å². The molecule has 20 heavy (non-hydrogen) atoms. The SMILES string of the molecule is CCCOc1ccc(CNC(=O)c2cnns2)c(C)c1. The maximum atomic E-state index is 11.8. The smallest absolute Gasteiger partial charge is 0.264 e. The van der Waals surface area contributed by atoms with Crippen molar-refractivity contribution in [1.82, 2.24) is 14.9 Å². The molecular weight excluding hydrogens is 274 g/mol. The molecule has 0 unspecified atom stereocenters. The summed E-state index contributed by atoms with van der Waals surface area (Å²) in [5, 5.41) is 6.50. The van der Waals surface area contributed by atoms with E-state index in [0.717, 1.165) is 34.8 Å². The third-order valence-corrected chi connectivity index (χ3v) is 3.47. The monoisotopic (exact) mass is 291 g/mol. The third kappa shape index (κ3) is 3.77. The number of hydrogen-bond donors (Lipinski definition) is 1. The molecule has 106 valence electrons. The van der Waals surface area contributed by atoms with Crippen LogP contribution in [0.3, 0.4) is 0 Å². The van der Waals surface area contributed by atoms with E-state index < -0.39 is 0 Å². The maximum absolute atomic E-state index is 11.8. The number of aryl methyl sites for hydroxylation is 1. The normalized spacial score (nSPS) is 10.3. The molecule has 0 radical (unpaired) electrons. The Hall–Kier alpha value is -1.95. The number of rotatable bonds is 6. The van der Waals surface area contributed by atoms with E-state index in [-0.39, 0.29) is 5.91 Å². The second-order valence-electron chi connectivity index (χ2n) is 4.40.